The lowest BCUT2D eigenvalue weighted by Gasteiger charge is -2.13. The van der Waals surface area contributed by atoms with Crippen LogP contribution in [0.1, 0.15) is 27.2 Å². The maximum atomic E-state index is 11.7. The lowest BCUT2D eigenvalue weighted by Crippen LogP contribution is -2.21. The maximum absolute atomic E-state index is 11.7. The van der Waals surface area contributed by atoms with Crippen LogP contribution < -0.4 is 5.32 Å². The molecule has 0 bridgehead atoms. The van der Waals surface area contributed by atoms with E-state index in [0.717, 1.165) is 12.1 Å². The third-order valence-corrected chi connectivity index (χ3v) is 2.31. The topological polar surface area (TPSA) is 29.1 Å². The van der Waals surface area contributed by atoms with Crippen molar-refractivity contribution >= 4 is 11.6 Å². The summed E-state index contributed by atoms with van der Waals surface area (Å²) in [5.74, 6) is 0.738. The van der Waals surface area contributed by atoms with E-state index in [1.165, 1.54) is 0 Å². The lowest BCUT2D eigenvalue weighted by atomic mass is 9.98. The minimum atomic E-state index is 0.0743. The molecule has 2 heteroatoms. The van der Waals surface area contributed by atoms with Crippen molar-refractivity contribution in [3.63, 3.8) is 0 Å². The summed E-state index contributed by atoms with van der Waals surface area (Å²) in [5.41, 5.74) is 0.873. The summed E-state index contributed by atoms with van der Waals surface area (Å²) in [5, 5.41) is 2.91. The average molecular weight is 205 g/mol. The van der Waals surface area contributed by atoms with Crippen LogP contribution in [0.5, 0.6) is 0 Å². The third kappa shape index (κ3) is 4.15. The standard InChI is InChI=1S/C13H19NO/c1-10(2)9-11(3)13(15)14-12-7-5-4-6-8-12/h4-8,10-11H,9H2,1-3H3,(H,14,15)/t11-/m1/s1. The van der Waals surface area contributed by atoms with E-state index in [-0.39, 0.29) is 11.8 Å². The van der Waals surface area contributed by atoms with Crippen molar-refractivity contribution in [2.75, 3.05) is 5.32 Å². The predicted molar refractivity (Wildman–Crippen MR) is 63.7 cm³/mol. The number of carbonyl (C=O) groups is 1. The van der Waals surface area contributed by atoms with E-state index >= 15 is 0 Å². The van der Waals surface area contributed by atoms with Crippen molar-refractivity contribution in [2.24, 2.45) is 11.8 Å². The number of para-hydroxylation sites is 1. The normalized spacial score (nSPS) is 12.5. The quantitative estimate of drug-likeness (QED) is 0.802. The molecule has 1 rings (SSSR count). The van der Waals surface area contributed by atoms with E-state index in [1.807, 2.05) is 37.3 Å². The van der Waals surface area contributed by atoms with Gasteiger partial charge < -0.3 is 5.32 Å². The van der Waals surface area contributed by atoms with Gasteiger partial charge in [-0.2, -0.15) is 0 Å². The van der Waals surface area contributed by atoms with Gasteiger partial charge in [-0.1, -0.05) is 39.0 Å². The largest absolute Gasteiger partial charge is 0.326 e. The van der Waals surface area contributed by atoms with E-state index in [9.17, 15) is 4.79 Å². The fraction of sp³-hybridized carbons (Fsp3) is 0.462. The van der Waals surface area contributed by atoms with Gasteiger partial charge in [-0.15, -0.1) is 0 Å². The monoisotopic (exact) mass is 205 g/mol. The molecule has 1 amide bonds. The van der Waals surface area contributed by atoms with Gasteiger partial charge in [0.2, 0.25) is 5.91 Å². The van der Waals surface area contributed by atoms with E-state index in [4.69, 9.17) is 0 Å². The maximum Gasteiger partial charge on any atom is 0.227 e. The summed E-state index contributed by atoms with van der Waals surface area (Å²) < 4.78 is 0. The molecule has 0 spiro atoms. The fourth-order valence-corrected chi connectivity index (χ4v) is 1.60. The van der Waals surface area contributed by atoms with Crippen LogP contribution in [-0.2, 0) is 4.79 Å². The van der Waals surface area contributed by atoms with Crippen molar-refractivity contribution in [1.82, 2.24) is 0 Å². The molecule has 1 atom stereocenters. The number of benzene rings is 1. The number of hydrogen-bond donors (Lipinski definition) is 1. The predicted octanol–water partition coefficient (Wildman–Crippen LogP) is 3.31. The Morgan fingerprint density at radius 1 is 1.20 bits per heavy atom. The highest BCUT2D eigenvalue weighted by atomic mass is 16.1. The van der Waals surface area contributed by atoms with Crippen LogP contribution in [0.2, 0.25) is 0 Å². The van der Waals surface area contributed by atoms with E-state index < -0.39 is 0 Å². The van der Waals surface area contributed by atoms with Gasteiger partial charge in [-0.25, -0.2) is 0 Å². The van der Waals surface area contributed by atoms with Crippen LogP contribution in [0.15, 0.2) is 30.3 Å². The molecular formula is C13H19NO. The van der Waals surface area contributed by atoms with Crippen LogP contribution in [0.25, 0.3) is 0 Å². The number of nitrogens with one attached hydrogen (secondary N) is 1. The molecule has 0 aliphatic carbocycles. The minimum Gasteiger partial charge on any atom is -0.326 e. The first-order chi connectivity index (χ1) is 7.09. The molecule has 0 saturated heterocycles. The highest BCUT2D eigenvalue weighted by Crippen LogP contribution is 2.14. The van der Waals surface area contributed by atoms with Crippen molar-refractivity contribution < 1.29 is 4.79 Å². The molecule has 1 aromatic rings. The number of hydrogen-bond acceptors (Lipinski definition) is 1. The summed E-state index contributed by atoms with van der Waals surface area (Å²) in [6.07, 6.45) is 0.929. The second kappa shape index (κ2) is 5.54. The molecule has 0 unspecified atom stereocenters. The molecule has 0 radical (unpaired) electrons. The molecule has 0 fully saturated rings. The van der Waals surface area contributed by atoms with E-state index in [2.05, 4.69) is 19.2 Å². The van der Waals surface area contributed by atoms with Crippen LogP contribution >= 0.6 is 0 Å². The SMILES string of the molecule is CC(C)C[C@@H](C)C(=O)Nc1ccccc1. The Morgan fingerprint density at radius 3 is 2.33 bits per heavy atom. The second-order valence-corrected chi connectivity index (χ2v) is 4.39. The summed E-state index contributed by atoms with van der Waals surface area (Å²) in [6.45, 7) is 6.23. The van der Waals surface area contributed by atoms with Gasteiger partial charge >= 0.3 is 0 Å². The molecule has 0 aliphatic heterocycles. The van der Waals surface area contributed by atoms with Crippen molar-refractivity contribution in [3.05, 3.63) is 30.3 Å². The lowest BCUT2D eigenvalue weighted by molar-refractivity contribution is -0.119. The molecular weight excluding hydrogens is 186 g/mol. The zero-order valence-electron chi connectivity index (χ0n) is 9.66. The third-order valence-electron chi connectivity index (χ3n) is 2.31. The van der Waals surface area contributed by atoms with Gasteiger partial charge in [-0.3, -0.25) is 4.79 Å². The number of anilines is 1. The Morgan fingerprint density at radius 2 is 1.80 bits per heavy atom. The molecule has 0 heterocycles. The number of carbonyl (C=O) groups excluding carboxylic acids is 1. The van der Waals surface area contributed by atoms with Crippen LogP contribution in [0.3, 0.4) is 0 Å². The van der Waals surface area contributed by atoms with Gasteiger partial charge in [0, 0.05) is 11.6 Å². The first-order valence-corrected chi connectivity index (χ1v) is 5.45. The van der Waals surface area contributed by atoms with Crippen LogP contribution in [0, 0.1) is 11.8 Å². The van der Waals surface area contributed by atoms with E-state index in [1.54, 1.807) is 0 Å². The first-order valence-electron chi connectivity index (χ1n) is 5.45. The molecule has 0 saturated carbocycles. The number of rotatable bonds is 4. The second-order valence-electron chi connectivity index (χ2n) is 4.39. The minimum absolute atomic E-state index is 0.0743. The number of amides is 1. The Labute approximate surface area is 91.7 Å². The van der Waals surface area contributed by atoms with Gasteiger partial charge in [0.15, 0.2) is 0 Å². The smallest absolute Gasteiger partial charge is 0.227 e. The zero-order chi connectivity index (χ0) is 11.3. The van der Waals surface area contributed by atoms with Crippen LogP contribution in [0.4, 0.5) is 5.69 Å². The van der Waals surface area contributed by atoms with Gasteiger partial charge in [0.1, 0.15) is 0 Å². The van der Waals surface area contributed by atoms with Crippen molar-refractivity contribution in [1.29, 1.82) is 0 Å². The van der Waals surface area contributed by atoms with E-state index in [0.29, 0.717) is 5.92 Å². The molecule has 1 N–H and O–H groups in total. The summed E-state index contributed by atoms with van der Waals surface area (Å²) in [7, 11) is 0. The van der Waals surface area contributed by atoms with Gasteiger partial charge in [0.05, 0.1) is 0 Å². The first kappa shape index (κ1) is 11.8. The fourth-order valence-electron chi connectivity index (χ4n) is 1.60. The van der Waals surface area contributed by atoms with Gasteiger partial charge in [0.25, 0.3) is 0 Å². The molecule has 82 valence electrons. The Kier molecular flexibility index (Phi) is 4.35. The molecule has 15 heavy (non-hydrogen) atoms. The van der Waals surface area contributed by atoms with Crippen LogP contribution in [-0.4, -0.2) is 5.91 Å². The highest BCUT2D eigenvalue weighted by molar-refractivity contribution is 5.92. The van der Waals surface area contributed by atoms with Crippen molar-refractivity contribution in [3.8, 4) is 0 Å². The average Bonchev–Trinajstić information content (AvgIpc) is 2.18. The van der Waals surface area contributed by atoms with Crippen molar-refractivity contribution in [2.45, 2.75) is 27.2 Å². The molecule has 1 aromatic carbocycles. The zero-order valence-corrected chi connectivity index (χ0v) is 9.66. The Bertz CT molecular complexity index is 306. The van der Waals surface area contributed by atoms with Gasteiger partial charge in [-0.05, 0) is 24.5 Å². The summed E-state index contributed by atoms with van der Waals surface area (Å²) in [4.78, 5) is 11.7. The summed E-state index contributed by atoms with van der Waals surface area (Å²) in [6, 6.07) is 9.58. The molecule has 0 aromatic heterocycles. The highest BCUT2D eigenvalue weighted by Gasteiger charge is 2.13. The molecule has 0 aliphatic rings. The Hall–Kier alpha value is -1.31. The Balaban J connectivity index is 2.49. The summed E-state index contributed by atoms with van der Waals surface area (Å²) >= 11 is 0. The molecule has 2 nitrogen and oxygen atoms in total.